The Bertz CT molecular complexity index is 1710. The molecular formula is C35H36BrN3O4. The van der Waals surface area contributed by atoms with Crippen LogP contribution in [0, 0.1) is 0 Å². The highest BCUT2D eigenvalue weighted by Crippen LogP contribution is 2.39. The number of aryl methyl sites for hydroxylation is 2. The maximum Gasteiger partial charge on any atom is 0.307 e. The highest BCUT2D eigenvalue weighted by molar-refractivity contribution is 9.10. The molecule has 43 heavy (non-hydrogen) atoms. The number of anilines is 1. The quantitative estimate of drug-likeness (QED) is 0.219. The Morgan fingerprint density at radius 3 is 2.60 bits per heavy atom. The fraction of sp³-hybridized carbons (Fsp3) is 0.343. The van der Waals surface area contributed by atoms with E-state index < -0.39 is 23.5 Å². The van der Waals surface area contributed by atoms with E-state index in [1.807, 2.05) is 69.3 Å². The average molecular weight is 643 g/mol. The Hall–Kier alpha value is -3.91. The third-order valence-electron chi connectivity index (χ3n) is 8.28. The molecule has 0 bridgehead atoms. The molecule has 0 radical (unpaired) electrons. The Morgan fingerprint density at radius 2 is 1.84 bits per heavy atom. The number of hydrogen-bond donors (Lipinski definition) is 2. The summed E-state index contributed by atoms with van der Waals surface area (Å²) in [5.41, 5.74) is 6.71. The minimum absolute atomic E-state index is 0.0809. The normalized spacial score (nSPS) is 16.8. The van der Waals surface area contributed by atoms with Gasteiger partial charge in [0.25, 0.3) is 0 Å². The minimum atomic E-state index is -0.723. The van der Waals surface area contributed by atoms with Crippen LogP contribution in [0.2, 0.25) is 0 Å². The smallest absolute Gasteiger partial charge is 0.307 e. The summed E-state index contributed by atoms with van der Waals surface area (Å²) < 4.78 is 6.61. The van der Waals surface area contributed by atoms with E-state index in [9.17, 15) is 14.4 Å². The molecule has 0 spiro atoms. The zero-order valence-electron chi connectivity index (χ0n) is 24.7. The molecule has 7 nitrogen and oxygen atoms in total. The maximum atomic E-state index is 13.9. The molecule has 222 valence electrons. The summed E-state index contributed by atoms with van der Waals surface area (Å²) in [5.74, 6) is -1.59. The molecule has 4 aromatic rings. The third-order valence-corrected chi connectivity index (χ3v) is 8.78. The van der Waals surface area contributed by atoms with Crippen LogP contribution in [0.15, 0.2) is 71.2 Å². The molecule has 8 heteroatoms. The zero-order chi connectivity index (χ0) is 30.3. The van der Waals surface area contributed by atoms with Crippen molar-refractivity contribution in [3.05, 3.63) is 87.9 Å². The van der Waals surface area contributed by atoms with Gasteiger partial charge in [-0.15, -0.1) is 0 Å². The summed E-state index contributed by atoms with van der Waals surface area (Å²) in [5, 5.41) is 4.32. The summed E-state index contributed by atoms with van der Waals surface area (Å²) in [4.78, 5) is 45.6. The number of H-pyrrole nitrogens is 1. The topological polar surface area (TPSA) is 91.5 Å². The van der Waals surface area contributed by atoms with Gasteiger partial charge < -0.3 is 19.9 Å². The standard InChI is InChI=1S/C35H36BrN3O4/c1-35(2,3)43-31(40)20-27(21-8-5-4-6-9-21)34(42)39-17-7-10-30(39)33(41)37-24-13-15-25-22(18-24)11-14-26-28-19-23(36)12-16-29(28)38-32(25)26/h4-6,8-9,12-13,15-16,18-19,27,30,38H,7,10-11,14,17,20H2,1-3H3,(H,37,41)/t27-,30-/m0/s1. The number of likely N-dealkylation sites (tertiary alicyclic amines) is 1. The fourth-order valence-corrected chi connectivity index (χ4v) is 6.76. The maximum absolute atomic E-state index is 13.9. The predicted octanol–water partition coefficient (Wildman–Crippen LogP) is 7.14. The number of fused-ring (bicyclic) bond motifs is 5. The first-order chi connectivity index (χ1) is 20.6. The van der Waals surface area contributed by atoms with E-state index in [2.05, 4.69) is 44.4 Å². The molecule has 3 aromatic carbocycles. The highest BCUT2D eigenvalue weighted by Gasteiger charge is 2.39. The van der Waals surface area contributed by atoms with Crippen molar-refractivity contribution in [2.45, 2.75) is 70.4 Å². The van der Waals surface area contributed by atoms with Crippen LogP contribution in [-0.2, 0) is 32.0 Å². The molecule has 1 aromatic heterocycles. The van der Waals surface area contributed by atoms with Crippen LogP contribution in [0.4, 0.5) is 5.69 Å². The summed E-state index contributed by atoms with van der Waals surface area (Å²) in [6.07, 6.45) is 3.01. The van der Waals surface area contributed by atoms with Crippen LogP contribution in [0.5, 0.6) is 0 Å². The average Bonchev–Trinajstić information content (AvgIpc) is 3.60. The Kier molecular flexibility index (Phi) is 7.90. The van der Waals surface area contributed by atoms with E-state index in [0.717, 1.165) is 51.8 Å². The Labute approximate surface area is 260 Å². The van der Waals surface area contributed by atoms with Crippen molar-refractivity contribution in [3.8, 4) is 11.3 Å². The van der Waals surface area contributed by atoms with Gasteiger partial charge in [-0.2, -0.15) is 0 Å². The van der Waals surface area contributed by atoms with E-state index in [1.165, 1.54) is 16.5 Å². The number of rotatable bonds is 6. The first-order valence-corrected chi connectivity index (χ1v) is 15.7. The lowest BCUT2D eigenvalue weighted by Gasteiger charge is -2.29. The number of nitrogens with one attached hydrogen (secondary N) is 2. The molecule has 0 saturated carbocycles. The number of carbonyl (C=O) groups excluding carboxylic acids is 3. The van der Waals surface area contributed by atoms with E-state index >= 15 is 0 Å². The summed E-state index contributed by atoms with van der Waals surface area (Å²) >= 11 is 3.59. The number of ether oxygens (including phenoxy) is 1. The molecule has 2 heterocycles. The van der Waals surface area contributed by atoms with Gasteiger partial charge in [0.15, 0.2) is 0 Å². The van der Waals surface area contributed by atoms with Crippen LogP contribution >= 0.6 is 15.9 Å². The molecule has 0 unspecified atom stereocenters. The molecule has 1 fully saturated rings. The van der Waals surface area contributed by atoms with Crippen molar-refractivity contribution in [1.82, 2.24) is 9.88 Å². The minimum Gasteiger partial charge on any atom is -0.460 e. The van der Waals surface area contributed by atoms with Crippen LogP contribution in [0.3, 0.4) is 0 Å². The van der Waals surface area contributed by atoms with Crippen LogP contribution in [0.25, 0.3) is 22.2 Å². The predicted molar refractivity (Wildman–Crippen MR) is 172 cm³/mol. The van der Waals surface area contributed by atoms with Gasteiger partial charge in [0.05, 0.1) is 12.3 Å². The first kappa shape index (κ1) is 29.2. The van der Waals surface area contributed by atoms with Gasteiger partial charge in [0.2, 0.25) is 11.8 Å². The van der Waals surface area contributed by atoms with Gasteiger partial charge >= 0.3 is 5.97 Å². The zero-order valence-corrected chi connectivity index (χ0v) is 26.3. The number of hydrogen-bond acceptors (Lipinski definition) is 4. The van der Waals surface area contributed by atoms with Crippen molar-refractivity contribution in [2.75, 3.05) is 11.9 Å². The molecule has 2 N–H and O–H groups in total. The van der Waals surface area contributed by atoms with Crippen molar-refractivity contribution in [2.24, 2.45) is 0 Å². The summed E-state index contributed by atoms with van der Waals surface area (Å²) in [6, 6.07) is 21.0. The molecule has 1 saturated heterocycles. The largest absolute Gasteiger partial charge is 0.460 e. The second-order valence-electron chi connectivity index (χ2n) is 12.5. The van der Waals surface area contributed by atoms with Crippen molar-refractivity contribution < 1.29 is 19.1 Å². The molecule has 2 aliphatic rings. The number of carbonyl (C=O) groups is 3. The first-order valence-electron chi connectivity index (χ1n) is 14.9. The van der Waals surface area contributed by atoms with Crippen molar-refractivity contribution in [3.63, 3.8) is 0 Å². The number of aromatic amines is 1. The fourth-order valence-electron chi connectivity index (χ4n) is 6.40. The van der Waals surface area contributed by atoms with Gasteiger partial charge in [0, 0.05) is 38.9 Å². The number of nitrogens with zero attached hydrogens (tertiary/aromatic N) is 1. The molecule has 1 aliphatic carbocycles. The number of esters is 1. The molecule has 6 rings (SSSR count). The lowest BCUT2D eigenvalue weighted by Crippen LogP contribution is -2.45. The lowest BCUT2D eigenvalue weighted by atomic mass is 9.88. The van der Waals surface area contributed by atoms with E-state index in [0.29, 0.717) is 13.0 Å². The lowest BCUT2D eigenvalue weighted by molar-refractivity contribution is -0.157. The van der Waals surface area contributed by atoms with E-state index in [1.54, 1.807) is 4.90 Å². The van der Waals surface area contributed by atoms with Crippen LogP contribution in [-0.4, -0.2) is 45.9 Å². The van der Waals surface area contributed by atoms with Crippen LogP contribution in [0.1, 0.15) is 62.6 Å². The molecule has 2 atom stereocenters. The molecular weight excluding hydrogens is 606 g/mol. The Morgan fingerprint density at radius 1 is 1.05 bits per heavy atom. The van der Waals surface area contributed by atoms with E-state index in [-0.39, 0.29) is 18.2 Å². The SMILES string of the molecule is CC(C)(C)OC(=O)C[C@H](C(=O)N1CCC[C@H]1C(=O)Nc1ccc2c(c1)CCc1c-2[nH]c2ccc(Br)cc12)c1ccccc1. The second kappa shape index (κ2) is 11.6. The van der Waals surface area contributed by atoms with Gasteiger partial charge in [-0.3, -0.25) is 14.4 Å². The van der Waals surface area contributed by atoms with E-state index in [4.69, 9.17) is 4.74 Å². The van der Waals surface area contributed by atoms with Gasteiger partial charge in [-0.25, -0.2) is 0 Å². The van der Waals surface area contributed by atoms with Crippen LogP contribution < -0.4 is 5.32 Å². The molecule has 1 aliphatic heterocycles. The highest BCUT2D eigenvalue weighted by atomic mass is 79.9. The molecule has 2 amide bonds. The number of aromatic nitrogens is 1. The van der Waals surface area contributed by atoms with Gasteiger partial charge in [-0.1, -0.05) is 52.3 Å². The third kappa shape index (κ3) is 6.11. The summed E-state index contributed by atoms with van der Waals surface area (Å²) in [7, 11) is 0. The number of benzene rings is 3. The van der Waals surface area contributed by atoms with Crippen molar-refractivity contribution in [1.29, 1.82) is 0 Å². The summed E-state index contributed by atoms with van der Waals surface area (Å²) in [6.45, 7) is 5.90. The monoisotopic (exact) mass is 641 g/mol. The Balaban J connectivity index is 1.20. The number of halogens is 1. The van der Waals surface area contributed by atoms with Crippen molar-refractivity contribution >= 4 is 50.3 Å². The van der Waals surface area contributed by atoms with Gasteiger partial charge in [-0.05, 0) is 93.5 Å². The van der Waals surface area contributed by atoms with Gasteiger partial charge in [0.1, 0.15) is 11.6 Å². The second-order valence-corrected chi connectivity index (χ2v) is 13.4. The number of amides is 2.